The summed E-state index contributed by atoms with van der Waals surface area (Å²) in [6.07, 6.45) is 2.66. The minimum absolute atomic E-state index is 0.192. The van der Waals surface area contributed by atoms with Gasteiger partial charge in [-0.05, 0) is 57.8 Å². The van der Waals surface area contributed by atoms with Crippen LogP contribution in [-0.4, -0.2) is 6.61 Å². The molecule has 0 saturated heterocycles. The van der Waals surface area contributed by atoms with Gasteiger partial charge in [-0.1, -0.05) is 26.8 Å². The van der Waals surface area contributed by atoms with E-state index in [4.69, 9.17) is 4.74 Å². The number of rotatable bonds is 3. The summed E-state index contributed by atoms with van der Waals surface area (Å²) < 4.78 is 6.85. The van der Waals surface area contributed by atoms with Crippen LogP contribution < -0.4 is 4.74 Å². The molecule has 1 nitrogen and oxygen atoms in total. The predicted molar refractivity (Wildman–Crippen MR) is 71.1 cm³/mol. The van der Waals surface area contributed by atoms with Crippen molar-refractivity contribution in [2.75, 3.05) is 6.61 Å². The van der Waals surface area contributed by atoms with Crippen molar-refractivity contribution in [2.45, 2.75) is 39.0 Å². The van der Waals surface area contributed by atoms with Crippen molar-refractivity contribution < 1.29 is 4.74 Å². The van der Waals surface area contributed by atoms with Crippen molar-refractivity contribution in [3.63, 3.8) is 0 Å². The van der Waals surface area contributed by atoms with E-state index in [0.717, 1.165) is 22.7 Å². The summed E-state index contributed by atoms with van der Waals surface area (Å²) in [7, 11) is 0. The molecule has 1 saturated carbocycles. The number of benzene rings is 1. The van der Waals surface area contributed by atoms with Crippen molar-refractivity contribution >= 4 is 15.9 Å². The van der Waals surface area contributed by atoms with Gasteiger partial charge in [-0.2, -0.15) is 0 Å². The predicted octanol–water partition coefficient (Wildman–Crippen LogP) is 4.54. The second-order valence-corrected chi connectivity index (χ2v) is 6.50. The van der Waals surface area contributed by atoms with Gasteiger partial charge in [-0.3, -0.25) is 0 Å². The molecule has 1 aliphatic carbocycles. The Balaban J connectivity index is 2.09. The van der Waals surface area contributed by atoms with Gasteiger partial charge in [0.15, 0.2) is 0 Å². The number of halogens is 1. The van der Waals surface area contributed by atoms with Crippen molar-refractivity contribution in [1.82, 2.24) is 0 Å². The zero-order valence-corrected chi connectivity index (χ0v) is 11.8. The Morgan fingerprint density at radius 1 is 1.31 bits per heavy atom. The Morgan fingerprint density at radius 2 is 2.00 bits per heavy atom. The molecule has 0 heterocycles. The van der Waals surface area contributed by atoms with Gasteiger partial charge < -0.3 is 4.74 Å². The van der Waals surface area contributed by atoms with E-state index in [1.165, 1.54) is 18.4 Å². The molecule has 16 heavy (non-hydrogen) atoms. The average molecular weight is 283 g/mol. The number of hydrogen-bond acceptors (Lipinski definition) is 1. The molecule has 0 bridgehead atoms. The van der Waals surface area contributed by atoms with Crippen LogP contribution in [0.15, 0.2) is 22.7 Å². The van der Waals surface area contributed by atoms with Crippen LogP contribution in [0, 0.1) is 5.92 Å². The summed E-state index contributed by atoms with van der Waals surface area (Å²) in [6.45, 7) is 7.53. The summed E-state index contributed by atoms with van der Waals surface area (Å²) in [4.78, 5) is 0. The number of ether oxygens (including phenoxy) is 1. The first kappa shape index (κ1) is 12.0. The van der Waals surface area contributed by atoms with Crippen molar-refractivity contribution in [3.05, 3.63) is 28.2 Å². The Morgan fingerprint density at radius 3 is 2.50 bits per heavy atom. The number of hydrogen-bond donors (Lipinski definition) is 0. The van der Waals surface area contributed by atoms with E-state index < -0.39 is 0 Å². The molecule has 0 amide bonds. The van der Waals surface area contributed by atoms with Gasteiger partial charge in [0.2, 0.25) is 0 Å². The van der Waals surface area contributed by atoms with Crippen molar-refractivity contribution in [2.24, 2.45) is 5.92 Å². The highest BCUT2D eigenvalue weighted by molar-refractivity contribution is 9.10. The summed E-state index contributed by atoms with van der Waals surface area (Å²) >= 11 is 3.59. The van der Waals surface area contributed by atoms with E-state index in [1.54, 1.807) is 0 Å². The maximum atomic E-state index is 5.78. The zero-order valence-electron chi connectivity index (χ0n) is 10.2. The highest BCUT2D eigenvalue weighted by Gasteiger charge is 2.22. The molecule has 1 fully saturated rings. The smallest absolute Gasteiger partial charge is 0.133 e. The lowest BCUT2D eigenvalue weighted by Crippen LogP contribution is -2.11. The fourth-order valence-electron chi connectivity index (χ4n) is 1.58. The van der Waals surface area contributed by atoms with Gasteiger partial charge in [0.1, 0.15) is 5.75 Å². The second-order valence-electron chi connectivity index (χ2n) is 5.65. The van der Waals surface area contributed by atoms with E-state index >= 15 is 0 Å². The van der Waals surface area contributed by atoms with Crippen LogP contribution in [0.5, 0.6) is 5.75 Å². The summed E-state index contributed by atoms with van der Waals surface area (Å²) in [5, 5.41) is 0. The fourth-order valence-corrected chi connectivity index (χ4v) is 2.07. The van der Waals surface area contributed by atoms with E-state index in [-0.39, 0.29) is 5.41 Å². The third-order valence-electron chi connectivity index (χ3n) is 2.97. The molecular weight excluding hydrogens is 264 g/mol. The lowest BCUT2D eigenvalue weighted by atomic mass is 9.87. The second kappa shape index (κ2) is 4.40. The lowest BCUT2D eigenvalue weighted by molar-refractivity contribution is 0.298. The highest BCUT2D eigenvalue weighted by Crippen LogP contribution is 2.34. The van der Waals surface area contributed by atoms with Gasteiger partial charge in [-0.15, -0.1) is 0 Å². The Kier molecular flexibility index (Phi) is 3.29. The fraction of sp³-hybridized carbons (Fsp3) is 0.571. The van der Waals surface area contributed by atoms with Crippen LogP contribution >= 0.6 is 15.9 Å². The monoisotopic (exact) mass is 282 g/mol. The SMILES string of the molecule is CC(C)(C)c1ccc(OCC2CC2)c(Br)c1. The minimum Gasteiger partial charge on any atom is -0.492 e. The van der Waals surface area contributed by atoms with Crippen LogP contribution in [0.1, 0.15) is 39.2 Å². The first-order valence-corrected chi connectivity index (χ1v) is 6.69. The minimum atomic E-state index is 0.192. The first-order valence-electron chi connectivity index (χ1n) is 5.89. The van der Waals surface area contributed by atoms with Gasteiger partial charge in [0.05, 0.1) is 11.1 Å². The topological polar surface area (TPSA) is 9.23 Å². The molecule has 2 heteroatoms. The normalized spacial score (nSPS) is 16.2. The van der Waals surface area contributed by atoms with Crippen LogP contribution in [0.3, 0.4) is 0 Å². The average Bonchev–Trinajstić information content (AvgIpc) is 2.98. The van der Waals surface area contributed by atoms with Crippen LogP contribution in [0.4, 0.5) is 0 Å². The molecule has 0 aliphatic heterocycles. The molecule has 1 aromatic carbocycles. The maximum Gasteiger partial charge on any atom is 0.133 e. The maximum absolute atomic E-state index is 5.78. The largest absolute Gasteiger partial charge is 0.492 e. The standard InChI is InChI=1S/C14H19BrO/c1-14(2,3)11-6-7-13(12(15)8-11)16-9-10-4-5-10/h6-8,10H,4-5,9H2,1-3H3. The summed E-state index contributed by atoms with van der Waals surface area (Å²) in [5.41, 5.74) is 1.52. The molecule has 0 atom stereocenters. The molecular formula is C14H19BrO. The molecule has 1 aromatic rings. The van der Waals surface area contributed by atoms with Crippen LogP contribution in [0.2, 0.25) is 0 Å². The molecule has 2 rings (SSSR count). The van der Waals surface area contributed by atoms with Crippen LogP contribution in [0.25, 0.3) is 0 Å². The Bertz CT molecular complexity index is 375. The first-order chi connectivity index (χ1) is 7.47. The summed E-state index contributed by atoms with van der Waals surface area (Å²) in [6, 6.07) is 6.41. The van der Waals surface area contributed by atoms with Gasteiger partial charge >= 0.3 is 0 Å². The molecule has 0 spiro atoms. The van der Waals surface area contributed by atoms with Crippen molar-refractivity contribution in [3.8, 4) is 5.75 Å². The molecule has 0 aromatic heterocycles. The molecule has 88 valence electrons. The van der Waals surface area contributed by atoms with Gasteiger partial charge in [-0.25, -0.2) is 0 Å². The zero-order chi connectivity index (χ0) is 11.8. The Hall–Kier alpha value is -0.500. The van der Waals surface area contributed by atoms with Gasteiger partial charge in [0.25, 0.3) is 0 Å². The quantitative estimate of drug-likeness (QED) is 0.791. The molecule has 0 radical (unpaired) electrons. The van der Waals surface area contributed by atoms with E-state index in [2.05, 4.69) is 54.9 Å². The summed E-state index contributed by atoms with van der Waals surface area (Å²) in [5.74, 6) is 1.77. The lowest BCUT2D eigenvalue weighted by Gasteiger charge is -2.20. The van der Waals surface area contributed by atoms with E-state index in [9.17, 15) is 0 Å². The Labute approximate surface area is 106 Å². The van der Waals surface area contributed by atoms with E-state index in [0.29, 0.717) is 0 Å². The third kappa shape index (κ3) is 3.00. The third-order valence-corrected chi connectivity index (χ3v) is 3.59. The molecule has 0 N–H and O–H groups in total. The van der Waals surface area contributed by atoms with Crippen molar-refractivity contribution in [1.29, 1.82) is 0 Å². The van der Waals surface area contributed by atoms with Gasteiger partial charge in [0, 0.05) is 0 Å². The molecule has 1 aliphatic rings. The van der Waals surface area contributed by atoms with E-state index in [1.807, 2.05) is 0 Å². The molecule has 0 unspecified atom stereocenters. The highest BCUT2D eigenvalue weighted by atomic mass is 79.9. The van der Waals surface area contributed by atoms with Crippen LogP contribution in [-0.2, 0) is 5.41 Å².